The molecule has 0 saturated carbocycles. The van der Waals surface area contributed by atoms with Crippen LogP contribution in [0.15, 0.2) is 18.5 Å². The number of carbonyl (C=O) groups is 1. The van der Waals surface area contributed by atoms with Crippen LogP contribution in [0.25, 0.3) is 0 Å². The minimum atomic E-state index is -4.32. The molecule has 0 unspecified atom stereocenters. The largest absolute Gasteiger partial charge is 0.389 e. The van der Waals surface area contributed by atoms with E-state index in [2.05, 4.69) is 4.98 Å². The molecule has 0 aromatic carbocycles. The van der Waals surface area contributed by atoms with Gasteiger partial charge in [0.2, 0.25) is 0 Å². The van der Waals surface area contributed by atoms with Crippen LogP contribution in [0, 0.1) is 0 Å². The molecule has 82 valence electrons. The summed E-state index contributed by atoms with van der Waals surface area (Å²) >= 11 is 5.60. The Hall–Kier alpha value is -1.10. The van der Waals surface area contributed by atoms with Gasteiger partial charge in [0.05, 0.1) is 11.4 Å². The Kier molecular flexibility index (Phi) is 3.68. The molecule has 0 fully saturated rings. The van der Waals surface area contributed by atoms with Gasteiger partial charge in [0.1, 0.15) is 0 Å². The van der Waals surface area contributed by atoms with Crippen LogP contribution in [0.4, 0.5) is 13.2 Å². The van der Waals surface area contributed by atoms with E-state index >= 15 is 0 Å². The summed E-state index contributed by atoms with van der Waals surface area (Å²) in [5.41, 5.74) is 0.0796. The van der Waals surface area contributed by atoms with Crippen LogP contribution in [0.1, 0.15) is 23.2 Å². The average molecular weight is 238 g/mol. The third-order valence-corrected chi connectivity index (χ3v) is 2.01. The molecular formula is C9H7ClF3NO. The number of alkyl halides is 3. The van der Waals surface area contributed by atoms with Crippen molar-refractivity contribution >= 4 is 17.4 Å². The van der Waals surface area contributed by atoms with Crippen molar-refractivity contribution in [1.29, 1.82) is 0 Å². The van der Waals surface area contributed by atoms with E-state index in [-0.39, 0.29) is 10.6 Å². The number of rotatable bonds is 3. The first-order valence-electron chi connectivity index (χ1n) is 4.09. The number of Topliss-reactive ketones (excluding diaryl/α,β-unsaturated/α-hetero) is 1. The third kappa shape index (κ3) is 3.87. The van der Waals surface area contributed by atoms with E-state index in [9.17, 15) is 18.0 Å². The summed E-state index contributed by atoms with van der Waals surface area (Å²) in [6.07, 6.45) is -3.51. The van der Waals surface area contributed by atoms with Crippen LogP contribution in [0.2, 0.25) is 5.02 Å². The van der Waals surface area contributed by atoms with E-state index in [0.717, 1.165) is 0 Å². The van der Waals surface area contributed by atoms with Gasteiger partial charge in [-0.25, -0.2) is 0 Å². The smallest absolute Gasteiger partial charge is 0.294 e. The summed E-state index contributed by atoms with van der Waals surface area (Å²) in [6.45, 7) is 0. The minimum Gasteiger partial charge on any atom is -0.294 e. The highest BCUT2D eigenvalue weighted by Crippen LogP contribution is 2.24. The number of nitrogens with zero attached hydrogens (tertiary/aromatic N) is 1. The van der Waals surface area contributed by atoms with Gasteiger partial charge in [-0.1, -0.05) is 11.6 Å². The molecule has 0 aliphatic rings. The van der Waals surface area contributed by atoms with Crippen molar-refractivity contribution < 1.29 is 18.0 Å². The predicted molar refractivity (Wildman–Crippen MR) is 48.9 cm³/mol. The average Bonchev–Trinajstić information content (AvgIpc) is 2.14. The zero-order chi connectivity index (χ0) is 11.5. The van der Waals surface area contributed by atoms with Crippen molar-refractivity contribution in [2.75, 3.05) is 0 Å². The second-order valence-electron chi connectivity index (χ2n) is 2.89. The molecule has 15 heavy (non-hydrogen) atoms. The van der Waals surface area contributed by atoms with E-state index in [1.54, 1.807) is 0 Å². The Morgan fingerprint density at radius 3 is 2.67 bits per heavy atom. The first-order chi connectivity index (χ1) is 6.90. The standard InChI is InChI=1S/C9H7ClF3NO/c10-7-5-14-4-2-6(7)8(15)1-3-9(11,12)13/h2,4-5H,1,3H2. The van der Waals surface area contributed by atoms with E-state index in [1.807, 2.05) is 0 Å². The Morgan fingerprint density at radius 1 is 1.47 bits per heavy atom. The predicted octanol–water partition coefficient (Wildman–Crippen LogP) is 3.26. The molecule has 0 aliphatic heterocycles. The molecule has 0 saturated heterocycles. The van der Waals surface area contributed by atoms with E-state index in [4.69, 9.17) is 11.6 Å². The van der Waals surface area contributed by atoms with Crippen LogP contribution in [0.5, 0.6) is 0 Å². The van der Waals surface area contributed by atoms with Crippen molar-refractivity contribution in [2.24, 2.45) is 0 Å². The number of halogens is 4. The molecule has 1 heterocycles. The molecule has 1 aromatic rings. The topological polar surface area (TPSA) is 30.0 Å². The van der Waals surface area contributed by atoms with Crippen molar-refractivity contribution in [3.8, 4) is 0 Å². The van der Waals surface area contributed by atoms with Gasteiger partial charge in [-0.15, -0.1) is 0 Å². The second kappa shape index (κ2) is 4.61. The maximum Gasteiger partial charge on any atom is 0.389 e. The van der Waals surface area contributed by atoms with E-state index in [1.165, 1.54) is 18.5 Å². The van der Waals surface area contributed by atoms with Crippen molar-refractivity contribution in [2.45, 2.75) is 19.0 Å². The second-order valence-corrected chi connectivity index (χ2v) is 3.30. The molecule has 0 bridgehead atoms. The van der Waals surface area contributed by atoms with Gasteiger partial charge in [0.25, 0.3) is 0 Å². The fourth-order valence-corrected chi connectivity index (χ4v) is 1.22. The number of carbonyl (C=O) groups excluding carboxylic acids is 1. The zero-order valence-electron chi connectivity index (χ0n) is 7.51. The summed E-state index contributed by atoms with van der Waals surface area (Å²) in [7, 11) is 0. The quantitative estimate of drug-likeness (QED) is 0.756. The molecule has 0 atom stereocenters. The molecule has 1 aromatic heterocycles. The number of aromatic nitrogens is 1. The van der Waals surface area contributed by atoms with E-state index < -0.39 is 24.8 Å². The zero-order valence-corrected chi connectivity index (χ0v) is 8.27. The lowest BCUT2D eigenvalue weighted by Crippen LogP contribution is -2.11. The summed E-state index contributed by atoms with van der Waals surface area (Å²) in [6, 6.07) is 1.31. The van der Waals surface area contributed by atoms with Gasteiger partial charge >= 0.3 is 6.18 Å². The Balaban J connectivity index is 2.66. The summed E-state index contributed by atoms with van der Waals surface area (Å²) in [5.74, 6) is -0.625. The van der Waals surface area contributed by atoms with Gasteiger partial charge in [-0.05, 0) is 6.07 Å². The number of hydrogen-bond donors (Lipinski definition) is 0. The summed E-state index contributed by atoms with van der Waals surface area (Å²) in [5, 5.41) is 0.0738. The molecular weight excluding hydrogens is 231 g/mol. The van der Waals surface area contributed by atoms with Gasteiger partial charge in [-0.2, -0.15) is 13.2 Å². The van der Waals surface area contributed by atoms with Crippen molar-refractivity contribution in [3.05, 3.63) is 29.0 Å². The Morgan fingerprint density at radius 2 is 2.13 bits per heavy atom. The van der Waals surface area contributed by atoms with Crippen LogP contribution in [-0.4, -0.2) is 16.9 Å². The molecule has 1 rings (SSSR count). The number of ketones is 1. The van der Waals surface area contributed by atoms with E-state index in [0.29, 0.717) is 0 Å². The first-order valence-corrected chi connectivity index (χ1v) is 4.47. The molecule has 2 nitrogen and oxygen atoms in total. The summed E-state index contributed by atoms with van der Waals surface area (Å²) in [4.78, 5) is 14.9. The number of hydrogen-bond acceptors (Lipinski definition) is 2. The summed E-state index contributed by atoms with van der Waals surface area (Å²) < 4.78 is 35.5. The highest BCUT2D eigenvalue weighted by molar-refractivity contribution is 6.33. The molecule has 0 aliphatic carbocycles. The third-order valence-electron chi connectivity index (χ3n) is 1.71. The van der Waals surface area contributed by atoms with Gasteiger partial charge in [0.15, 0.2) is 5.78 Å². The normalized spacial score (nSPS) is 11.5. The lowest BCUT2D eigenvalue weighted by molar-refractivity contribution is -0.133. The van der Waals surface area contributed by atoms with Crippen LogP contribution in [0.3, 0.4) is 0 Å². The van der Waals surface area contributed by atoms with Crippen LogP contribution < -0.4 is 0 Å². The fraction of sp³-hybridized carbons (Fsp3) is 0.333. The van der Waals surface area contributed by atoms with Crippen molar-refractivity contribution in [1.82, 2.24) is 4.98 Å². The number of pyridine rings is 1. The van der Waals surface area contributed by atoms with Crippen LogP contribution in [-0.2, 0) is 0 Å². The van der Waals surface area contributed by atoms with Gasteiger partial charge in [0, 0.05) is 24.4 Å². The molecule has 0 spiro atoms. The minimum absolute atomic E-state index is 0.0738. The highest BCUT2D eigenvalue weighted by atomic mass is 35.5. The van der Waals surface area contributed by atoms with Crippen molar-refractivity contribution in [3.63, 3.8) is 0 Å². The lowest BCUT2D eigenvalue weighted by Gasteiger charge is -2.05. The highest BCUT2D eigenvalue weighted by Gasteiger charge is 2.28. The molecule has 0 radical (unpaired) electrons. The Bertz CT molecular complexity index is 365. The van der Waals surface area contributed by atoms with Gasteiger partial charge < -0.3 is 0 Å². The fourth-order valence-electron chi connectivity index (χ4n) is 0.991. The lowest BCUT2D eigenvalue weighted by atomic mass is 10.1. The maximum absolute atomic E-state index is 11.8. The van der Waals surface area contributed by atoms with Gasteiger partial charge in [-0.3, -0.25) is 9.78 Å². The maximum atomic E-state index is 11.8. The SMILES string of the molecule is O=C(CCC(F)(F)F)c1ccncc1Cl. The molecule has 0 amide bonds. The monoisotopic (exact) mass is 237 g/mol. The van der Waals surface area contributed by atoms with Crippen LogP contribution >= 0.6 is 11.6 Å². The first kappa shape index (κ1) is 12.0. The molecule has 6 heteroatoms. The molecule has 0 N–H and O–H groups in total. The Labute approximate surface area is 89.1 Å².